The summed E-state index contributed by atoms with van der Waals surface area (Å²) in [5.74, 6) is -0.0751. The number of hydrogen-bond acceptors (Lipinski definition) is 3. The van der Waals surface area contributed by atoms with Gasteiger partial charge in [-0.3, -0.25) is 4.79 Å². The number of amides is 1. The molecule has 0 bridgehead atoms. The van der Waals surface area contributed by atoms with Crippen molar-refractivity contribution in [1.29, 1.82) is 0 Å². The van der Waals surface area contributed by atoms with Crippen molar-refractivity contribution in [1.82, 2.24) is 5.32 Å². The SMILES string of the molecule is CC(C)(C)OCC(=O)NCCCCCO. The molecule has 4 heteroatoms. The molecule has 0 heterocycles. The smallest absolute Gasteiger partial charge is 0.246 e. The highest BCUT2D eigenvalue weighted by Gasteiger charge is 2.12. The minimum absolute atomic E-state index is 0.0751. The average Bonchev–Trinajstić information content (AvgIpc) is 2.13. The quantitative estimate of drug-likeness (QED) is 0.627. The second-order valence-corrected chi connectivity index (χ2v) is 4.54. The van der Waals surface area contributed by atoms with Crippen LogP contribution in [0.15, 0.2) is 0 Å². The summed E-state index contributed by atoms with van der Waals surface area (Å²) in [4.78, 5) is 11.2. The number of nitrogens with one attached hydrogen (secondary N) is 1. The van der Waals surface area contributed by atoms with Crippen LogP contribution >= 0.6 is 0 Å². The normalized spacial score (nSPS) is 11.5. The van der Waals surface area contributed by atoms with Crippen molar-refractivity contribution in [2.75, 3.05) is 19.8 Å². The highest BCUT2D eigenvalue weighted by atomic mass is 16.5. The van der Waals surface area contributed by atoms with E-state index in [4.69, 9.17) is 9.84 Å². The summed E-state index contributed by atoms with van der Waals surface area (Å²) in [6.07, 6.45) is 2.65. The van der Waals surface area contributed by atoms with Crippen LogP contribution in [0.1, 0.15) is 40.0 Å². The molecule has 0 spiro atoms. The first kappa shape index (κ1) is 14.4. The van der Waals surface area contributed by atoms with Gasteiger partial charge in [0.2, 0.25) is 5.91 Å². The molecule has 0 radical (unpaired) electrons. The van der Waals surface area contributed by atoms with Crippen LogP contribution in [-0.2, 0) is 9.53 Å². The Bertz CT molecular complexity index is 175. The van der Waals surface area contributed by atoms with Gasteiger partial charge in [0.25, 0.3) is 0 Å². The van der Waals surface area contributed by atoms with E-state index >= 15 is 0 Å². The number of carbonyl (C=O) groups excluding carboxylic acids is 1. The third kappa shape index (κ3) is 11.3. The summed E-state index contributed by atoms with van der Waals surface area (Å²) in [6, 6.07) is 0. The second kappa shape index (κ2) is 7.65. The highest BCUT2D eigenvalue weighted by molar-refractivity contribution is 5.77. The molecule has 90 valence electrons. The predicted molar refractivity (Wildman–Crippen MR) is 59.7 cm³/mol. The summed E-state index contributed by atoms with van der Waals surface area (Å²) in [5.41, 5.74) is -0.270. The van der Waals surface area contributed by atoms with Crippen LogP contribution in [0.3, 0.4) is 0 Å². The van der Waals surface area contributed by atoms with Gasteiger partial charge in [0.15, 0.2) is 0 Å². The summed E-state index contributed by atoms with van der Waals surface area (Å²) >= 11 is 0. The molecule has 0 atom stereocenters. The van der Waals surface area contributed by atoms with Gasteiger partial charge in [-0.2, -0.15) is 0 Å². The molecule has 0 aliphatic rings. The van der Waals surface area contributed by atoms with E-state index in [1.54, 1.807) is 0 Å². The first-order valence-corrected chi connectivity index (χ1v) is 5.47. The fraction of sp³-hybridized carbons (Fsp3) is 0.909. The van der Waals surface area contributed by atoms with Gasteiger partial charge in [0.05, 0.1) is 5.60 Å². The number of aliphatic hydroxyl groups is 1. The van der Waals surface area contributed by atoms with Gasteiger partial charge >= 0.3 is 0 Å². The van der Waals surface area contributed by atoms with Gasteiger partial charge in [0.1, 0.15) is 6.61 Å². The molecule has 0 aliphatic heterocycles. The lowest BCUT2D eigenvalue weighted by Crippen LogP contribution is -2.32. The maximum Gasteiger partial charge on any atom is 0.246 e. The molecule has 0 saturated heterocycles. The van der Waals surface area contributed by atoms with Gasteiger partial charge in [-0.05, 0) is 40.0 Å². The van der Waals surface area contributed by atoms with Crippen molar-refractivity contribution in [2.45, 2.75) is 45.6 Å². The Hall–Kier alpha value is -0.610. The van der Waals surface area contributed by atoms with E-state index in [1.807, 2.05) is 20.8 Å². The number of hydrogen-bond donors (Lipinski definition) is 2. The van der Waals surface area contributed by atoms with Crippen molar-refractivity contribution >= 4 is 5.91 Å². The van der Waals surface area contributed by atoms with Crippen LogP contribution in [-0.4, -0.2) is 36.4 Å². The van der Waals surface area contributed by atoms with Crippen molar-refractivity contribution in [2.24, 2.45) is 0 Å². The zero-order chi connectivity index (χ0) is 11.7. The maximum absolute atomic E-state index is 11.2. The molecule has 1 amide bonds. The minimum Gasteiger partial charge on any atom is -0.396 e. The standard InChI is InChI=1S/C11H23NO3/c1-11(2,3)15-9-10(14)12-7-5-4-6-8-13/h13H,4-9H2,1-3H3,(H,12,14). The van der Waals surface area contributed by atoms with Crippen molar-refractivity contribution in [3.05, 3.63) is 0 Å². The largest absolute Gasteiger partial charge is 0.396 e. The summed E-state index contributed by atoms with van der Waals surface area (Å²) in [7, 11) is 0. The molecule has 0 aromatic rings. The zero-order valence-electron chi connectivity index (χ0n) is 10.0. The Labute approximate surface area is 92.0 Å². The average molecular weight is 217 g/mol. The third-order valence-corrected chi connectivity index (χ3v) is 1.79. The molecule has 2 N–H and O–H groups in total. The van der Waals surface area contributed by atoms with E-state index in [0.717, 1.165) is 19.3 Å². The molecule has 0 aliphatic carbocycles. The summed E-state index contributed by atoms with van der Waals surface area (Å²) in [5, 5.41) is 11.3. The molecular formula is C11H23NO3. The molecule has 0 saturated carbocycles. The van der Waals surface area contributed by atoms with Crippen molar-refractivity contribution < 1.29 is 14.6 Å². The molecule has 15 heavy (non-hydrogen) atoms. The highest BCUT2D eigenvalue weighted by Crippen LogP contribution is 2.05. The van der Waals surface area contributed by atoms with Crippen LogP contribution < -0.4 is 5.32 Å². The Balaban J connectivity index is 3.34. The van der Waals surface area contributed by atoms with Crippen LogP contribution in [0.5, 0.6) is 0 Å². The molecule has 0 rings (SSSR count). The van der Waals surface area contributed by atoms with E-state index < -0.39 is 0 Å². The van der Waals surface area contributed by atoms with Gasteiger partial charge in [-0.25, -0.2) is 0 Å². The maximum atomic E-state index is 11.2. The lowest BCUT2D eigenvalue weighted by molar-refractivity contribution is -0.130. The van der Waals surface area contributed by atoms with Crippen LogP contribution in [0.2, 0.25) is 0 Å². The predicted octanol–water partition coefficient (Wildman–Crippen LogP) is 1.08. The Kier molecular flexibility index (Phi) is 7.34. The third-order valence-electron chi connectivity index (χ3n) is 1.79. The summed E-state index contributed by atoms with van der Waals surface area (Å²) < 4.78 is 5.32. The van der Waals surface area contributed by atoms with Crippen molar-refractivity contribution in [3.63, 3.8) is 0 Å². The Morgan fingerprint density at radius 1 is 1.27 bits per heavy atom. The topological polar surface area (TPSA) is 58.6 Å². The van der Waals surface area contributed by atoms with Gasteiger partial charge in [0, 0.05) is 13.2 Å². The zero-order valence-corrected chi connectivity index (χ0v) is 10.0. The van der Waals surface area contributed by atoms with Gasteiger partial charge in [-0.15, -0.1) is 0 Å². The summed E-state index contributed by atoms with van der Waals surface area (Å²) in [6.45, 7) is 6.75. The minimum atomic E-state index is -0.270. The molecule has 4 nitrogen and oxygen atoms in total. The van der Waals surface area contributed by atoms with E-state index in [-0.39, 0.29) is 24.7 Å². The fourth-order valence-electron chi connectivity index (χ4n) is 0.974. The van der Waals surface area contributed by atoms with E-state index in [9.17, 15) is 4.79 Å². The fourth-order valence-corrected chi connectivity index (χ4v) is 0.974. The van der Waals surface area contributed by atoms with Gasteiger partial charge < -0.3 is 15.2 Å². The number of unbranched alkanes of at least 4 members (excludes halogenated alkanes) is 2. The van der Waals surface area contributed by atoms with Crippen LogP contribution in [0.25, 0.3) is 0 Å². The monoisotopic (exact) mass is 217 g/mol. The second-order valence-electron chi connectivity index (χ2n) is 4.54. The Morgan fingerprint density at radius 2 is 1.93 bits per heavy atom. The molecular weight excluding hydrogens is 194 g/mol. The molecule has 0 fully saturated rings. The first-order valence-electron chi connectivity index (χ1n) is 5.47. The number of ether oxygens (including phenoxy) is 1. The lowest BCUT2D eigenvalue weighted by atomic mass is 10.2. The number of rotatable bonds is 7. The lowest BCUT2D eigenvalue weighted by Gasteiger charge is -2.18. The van der Waals surface area contributed by atoms with E-state index in [1.165, 1.54) is 0 Å². The van der Waals surface area contributed by atoms with Gasteiger partial charge in [-0.1, -0.05) is 0 Å². The molecule has 0 aromatic carbocycles. The molecule has 0 aromatic heterocycles. The number of carbonyl (C=O) groups is 1. The van der Waals surface area contributed by atoms with Crippen LogP contribution in [0, 0.1) is 0 Å². The van der Waals surface area contributed by atoms with Crippen LogP contribution in [0.4, 0.5) is 0 Å². The van der Waals surface area contributed by atoms with E-state index in [0.29, 0.717) is 6.54 Å². The number of aliphatic hydroxyl groups excluding tert-OH is 1. The molecule has 0 unspecified atom stereocenters. The van der Waals surface area contributed by atoms with E-state index in [2.05, 4.69) is 5.32 Å². The first-order chi connectivity index (χ1) is 6.95. The van der Waals surface area contributed by atoms with Crippen molar-refractivity contribution in [3.8, 4) is 0 Å². The Morgan fingerprint density at radius 3 is 2.47 bits per heavy atom.